The number of carbonyl (C=O) groups excluding carboxylic acids is 2. The van der Waals surface area contributed by atoms with Gasteiger partial charge in [-0.2, -0.15) is 0 Å². The molecule has 1 aliphatic heterocycles. The number of nitrogens with zero attached hydrogens (tertiary/aromatic N) is 2. The fourth-order valence-corrected chi connectivity index (χ4v) is 4.12. The first-order chi connectivity index (χ1) is 16.5. The summed E-state index contributed by atoms with van der Waals surface area (Å²) in [6.45, 7) is 1.14. The van der Waals surface area contributed by atoms with Crippen LogP contribution in [0.25, 0.3) is 11.3 Å². The lowest BCUT2D eigenvalue weighted by Crippen LogP contribution is -2.46. The fraction of sp³-hybridized carbons (Fsp3) is 0.346. The highest BCUT2D eigenvalue weighted by Crippen LogP contribution is 2.27. The molecule has 1 fully saturated rings. The molecule has 2 aromatic carbocycles. The number of hydrogen-bond acceptors (Lipinski definition) is 4. The van der Waals surface area contributed by atoms with E-state index in [1.54, 1.807) is 4.90 Å². The van der Waals surface area contributed by atoms with Gasteiger partial charge in [0.25, 0.3) is 0 Å². The van der Waals surface area contributed by atoms with Gasteiger partial charge in [0.1, 0.15) is 11.6 Å². The van der Waals surface area contributed by atoms with Crippen LogP contribution >= 0.6 is 0 Å². The van der Waals surface area contributed by atoms with Crippen molar-refractivity contribution in [2.24, 2.45) is 0 Å². The average Bonchev–Trinajstić information content (AvgIpc) is 3.31. The Kier molecular flexibility index (Phi) is 7.67. The van der Waals surface area contributed by atoms with Gasteiger partial charge in [-0.3, -0.25) is 9.59 Å². The summed E-state index contributed by atoms with van der Waals surface area (Å²) in [5.41, 5.74) is 0.871. The summed E-state index contributed by atoms with van der Waals surface area (Å²) in [7, 11) is 0. The number of nitrogens with one attached hydrogen (secondary N) is 1. The molecule has 4 rings (SSSR count). The molecule has 1 saturated heterocycles. The molecule has 0 radical (unpaired) electrons. The van der Waals surface area contributed by atoms with Gasteiger partial charge in [0.2, 0.25) is 11.8 Å². The molecular formula is C26H27F2N3O3. The minimum atomic E-state index is -0.728. The van der Waals surface area contributed by atoms with Crippen LogP contribution in [0.1, 0.15) is 37.1 Å². The molecule has 1 aliphatic rings. The van der Waals surface area contributed by atoms with Crippen LogP contribution in [0.15, 0.2) is 59.1 Å². The molecule has 8 heteroatoms. The summed E-state index contributed by atoms with van der Waals surface area (Å²) in [6, 6.07) is 13.5. The zero-order valence-electron chi connectivity index (χ0n) is 18.8. The number of hydrogen-bond donors (Lipinski definition) is 1. The topological polar surface area (TPSA) is 75.4 Å². The number of benzene rings is 2. The van der Waals surface area contributed by atoms with Crippen LogP contribution in [0.4, 0.5) is 8.78 Å². The van der Waals surface area contributed by atoms with Crippen molar-refractivity contribution >= 4 is 11.8 Å². The first-order valence-electron chi connectivity index (χ1n) is 11.5. The summed E-state index contributed by atoms with van der Waals surface area (Å²) in [4.78, 5) is 30.7. The van der Waals surface area contributed by atoms with Crippen LogP contribution in [0.3, 0.4) is 0 Å². The summed E-state index contributed by atoms with van der Waals surface area (Å²) >= 11 is 0. The van der Waals surface area contributed by atoms with E-state index >= 15 is 0 Å². The first kappa shape index (κ1) is 23.6. The number of oxazole rings is 1. The van der Waals surface area contributed by atoms with E-state index in [0.29, 0.717) is 38.8 Å². The van der Waals surface area contributed by atoms with Crippen molar-refractivity contribution in [2.45, 2.75) is 44.6 Å². The predicted octanol–water partition coefficient (Wildman–Crippen LogP) is 4.29. The maximum Gasteiger partial charge on any atom is 0.223 e. The summed E-state index contributed by atoms with van der Waals surface area (Å²) in [5.74, 6) is -1.21. The molecule has 178 valence electrons. The Balaban J connectivity index is 1.19. The summed E-state index contributed by atoms with van der Waals surface area (Å²) in [6.07, 6.45) is 4.26. The molecule has 0 bridgehead atoms. The van der Waals surface area contributed by atoms with Crippen LogP contribution < -0.4 is 5.32 Å². The molecule has 0 atom stereocenters. The van der Waals surface area contributed by atoms with Crippen molar-refractivity contribution in [1.82, 2.24) is 15.2 Å². The molecule has 6 nitrogen and oxygen atoms in total. The van der Waals surface area contributed by atoms with Gasteiger partial charge in [-0.25, -0.2) is 13.8 Å². The monoisotopic (exact) mass is 467 g/mol. The van der Waals surface area contributed by atoms with Gasteiger partial charge >= 0.3 is 0 Å². The van der Waals surface area contributed by atoms with Crippen molar-refractivity contribution in [1.29, 1.82) is 0 Å². The van der Waals surface area contributed by atoms with Crippen molar-refractivity contribution < 1.29 is 22.8 Å². The molecule has 3 aromatic rings. The third-order valence-electron chi connectivity index (χ3n) is 6.01. The number of amides is 2. The van der Waals surface area contributed by atoms with Gasteiger partial charge in [0.15, 0.2) is 11.7 Å². The van der Waals surface area contributed by atoms with Crippen LogP contribution in [0.5, 0.6) is 0 Å². The number of aryl methyl sites for hydroxylation is 2. The SMILES string of the molecule is O=C(CCc1ccccc1)NC1CCN(C(=O)CCc2ncc(-c3c(F)cccc3F)o2)CC1. The van der Waals surface area contributed by atoms with Crippen molar-refractivity contribution in [2.75, 3.05) is 13.1 Å². The van der Waals surface area contributed by atoms with Crippen molar-refractivity contribution in [3.8, 4) is 11.3 Å². The maximum absolute atomic E-state index is 13.9. The molecule has 0 spiro atoms. The Morgan fingerprint density at radius 1 is 0.971 bits per heavy atom. The second kappa shape index (κ2) is 11.0. The number of piperidine rings is 1. The van der Waals surface area contributed by atoms with E-state index < -0.39 is 11.6 Å². The average molecular weight is 468 g/mol. The van der Waals surface area contributed by atoms with E-state index in [2.05, 4.69) is 10.3 Å². The van der Waals surface area contributed by atoms with E-state index in [0.717, 1.165) is 17.7 Å². The van der Waals surface area contributed by atoms with Gasteiger partial charge in [-0.05, 0) is 37.0 Å². The smallest absolute Gasteiger partial charge is 0.223 e. The highest BCUT2D eigenvalue weighted by Gasteiger charge is 2.24. The number of likely N-dealkylation sites (tertiary alicyclic amines) is 1. The molecule has 0 saturated carbocycles. The number of aromatic nitrogens is 1. The molecule has 1 aromatic heterocycles. The fourth-order valence-electron chi connectivity index (χ4n) is 4.12. The number of carbonyl (C=O) groups is 2. The summed E-state index contributed by atoms with van der Waals surface area (Å²) < 4.78 is 33.3. The Morgan fingerprint density at radius 3 is 2.38 bits per heavy atom. The third kappa shape index (κ3) is 6.07. The third-order valence-corrected chi connectivity index (χ3v) is 6.01. The number of rotatable bonds is 8. The molecule has 2 heterocycles. The second-order valence-corrected chi connectivity index (χ2v) is 8.42. The quantitative estimate of drug-likeness (QED) is 0.536. The molecule has 1 N–H and O–H groups in total. The molecule has 0 unspecified atom stereocenters. The lowest BCUT2D eigenvalue weighted by Gasteiger charge is -2.32. The summed E-state index contributed by atoms with van der Waals surface area (Å²) in [5, 5.41) is 3.07. The van der Waals surface area contributed by atoms with Gasteiger partial charge < -0.3 is 14.6 Å². The Labute approximate surface area is 197 Å². The van der Waals surface area contributed by atoms with Crippen molar-refractivity contribution in [3.05, 3.63) is 77.8 Å². The lowest BCUT2D eigenvalue weighted by atomic mass is 10.0. The van der Waals surface area contributed by atoms with E-state index in [9.17, 15) is 18.4 Å². The standard InChI is InChI=1S/C26H27F2N3O3/c27-20-7-4-8-21(28)26(20)22-17-29-24(34-22)11-12-25(33)31-15-13-19(14-16-31)30-23(32)10-9-18-5-2-1-3-6-18/h1-8,17,19H,9-16H2,(H,30,32). The highest BCUT2D eigenvalue weighted by atomic mass is 19.1. The van der Waals surface area contributed by atoms with E-state index in [1.165, 1.54) is 12.3 Å². The zero-order chi connectivity index (χ0) is 23.9. The molecular weight excluding hydrogens is 440 g/mol. The first-order valence-corrected chi connectivity index (χ1v) is 11.5. The second-order valence-electron chi connectivity index (χ2n) is 8.42. The van der Waals surface area contributed by atoms with E-state index in [4.69, 9.17) is 4.42 Å². The zero-order valence-corrected chi connectivity index (χ0v) is 18.8. The van der Waals surface area contributed by atoms with Gasteiger partial charge in [0, 0.05) is 38.4 Å². The predicted molar refractivity (Wildman–Crippen MR) is 123 cm³/mol. The Hall–Kier alpha value is -3.55. The minimum absolute atomic E-state index is 0.00173. The molecule has 2 amide bonds. The van der Waals surface area contributed by atoms with Crippen LogP contribution in [0, 0.1) is 11.6 Å². The lowest BCUT2D eigenvalue weighted by molar-refractivity contribution is -0.132. The number of halogens is 2. The van der Waals surface area contributed by atoms with Crippen LogP contribution in [-0.4, -0.2) is 40.8 Å². The maximum atomic E-state index is 13.9. The van der Waals surface area contributed by atoms with E-state index in [-0.39, 0.29) is 47.9 Å². The van der Waals surface area contributed by atoms with Crippen LogP contribution in [0.2, 0.25) is 0 Å². The highest BCUT2D eigenvalue weighted by molar-refractivity contribution is 5.77. The Morgan fingerprint density at radius 2 is 1.68 bits per heavy atom. The molecule has 0 aliphatic carbocycles. The normalized spacial score (nSPS) is 14.2. The van der Waals surface area contributed by atoms with Gasteiger partial charge in [0.05, 0.1) is 11.8 Å². The van der Waals surface area contributed by atoms with Crippen LogP contribution in [-0.2, 0) is 22.4 Å². The van der Waals surface area contributed by atoms with Gasteiger partial charge in [-0.15, -0.1) is 0 Å². The van der Waals surface area contributed by atoms with Gasteiger partial charge in [-0.1, -0.05) is 36.4 Å². The minimum Gasteiger partial charge on any atom is -0.441 e. The molecule has 34 heavy (non-hydrogen) atoms. The van der Waals surface area contributed by atoms with Crippen molar-refractivity contribution in [3.63, 3.8) is 0 Å². The van der Waals surface area contributed by atoms with E-state index in [1.807, 2.05) is 30.3 Å². The largest absolute Gasteiger partial charge is 0.441 e. The Bertz CT molecular complexity index is 1110.